The van der Waals surface area contributed by atoms with E-state index in [2.05, 4.69) is 22.9 Å². The summed E-state index contributed by atoms with van der Waals surface area (Å²) in [6.45, 7) is 4.09. The van der Waals surface area contributed by atoms with Crippen molar-refractivity contribution in [1.82, 2.24) is 0 Å². The van der Waals surface area contributed by atoms with Gasteiger partial charge in [0, 0.05) is 10.0 Å². The molecule has 0 aromatic heterocycles. The molecule has 0 fully saturated rings. The maximum Gasteiger partial charge on any atom is 0.106 e. The van der Waals surface area contributed by atoms with Crippen LogP contribution in [0.4, 0.5) is 0 Å². The first kappa shape index (κ1) is 13.6. The molecular weight excluding hydrogens is 312 g/mol. The smallest absolute Gasteiger partial charge is 0.106 e. The summed E-state index contributed by atoms with van der Waals surface area (Å²) in [5, 5.41) is 11.0. The molecule has 3 heteroatoms. The Morgan fingerprint density at radius 3 is 2.50 bits per heavy atom. The maximum atomic E-state index is 10.4. The van der Waals surface area contributed by atoms with E-state index in [0.29, 0.717) is 10.6 Å². The molecule has 1 N–H and O–H groups in total. The highest BCUT2D eigenvalue weighted by atomic mass is 79.9. The third kappa shape index (κ3) is 2.61. The van der Waals surface area contributed by atoms with Gasteiger partial charge in [0.25, 0.3) is 0 Å². The van der Waals surface area contributed by atoms with E-state index in [9.17, 15) is 5.11 Å². The van der Waals surface area contributed by atoms with Gasteiger partial charge in [-0.15, -0.1) is 0 Å². The highest BCUT2D eigenvalue weighted by Crippen LogP contribution is 2.33. The van der Waals surface area contributed by atoms with Gasteiger partial charge in [-0.3, -0.25) is 0 Å². The largest absolute Gasteiger partial charge is 0.384 e. The number of benzene rings is 2. The van der Waals surface area contributed by atoms with E-state index >= 15 is 0 Å². The summed E-state index contributed by atoms with van der Waals surface area (Å²) in [6, 6.07) is 11.5. The van der Waals surface area contributed by atoms with Crippen LogP contribution in [0.2, 0.25) is 5.02 Å². The Kier molecular flexibility index (Phi) is 4.10. The van der Waals surface area contributed by atoms with E-state index in [1.54, 1.807) is 0 Å². The van der Waals surface area contributed by atoms with Crippen LogP contribution in [0, 0.1) is 13.8 Å². The van der Waals surface area contributed by atoms with Crippen LogP contribution < -0.4 is 0 Å². The van der Waals surface area contributed by atoms with Gasteiger partial charge in [-0.1, -0.05) is 41.9 Å². The molecule has 0 radical (unpaired) electrons. The molecule has 0 aliphatic rings. The molecule has 0 spiro atoms. The standard InChI is InChI=1S/C15H14BrClO/c1-9-6-7-11(8-10(9)2)15(18)12-4-3-5-13(16)14(12)17/h3-8,15,18H,1-2H3. The van der Waals surface area contributed by atoms with Crippen molar-refractivity contribution in [1.29, 1.82) is 0 Å². The molecule has 2 aromatic carbocycles. The summed E-state index contributed by atoms with van der Waals surface area (Å²) in [4.78, 5) is 0. The third-order valence-corrected chi connectivity index (χ3v) is 4.43. The van der Waals surface area contributed by atoms with Crippen LogP contribution in [0.3, 0.4) is 0 Å². The maximum absolute atomic E-state index is 10.4. The normalized spacial score (nSPS) is 12.5. The van der Waals surface area contributed by atoms with Crippen molar-refractivity contribution in [2.24, 2.45) is 0 Å². The van der Waals surface area contributed by atoms with Gasteiger partial charge in [-0.25, -0.2) is 0 Å². The van der Waals surface area contributed by atoms with Crippen LogP contribution >= 0.6 is 27.5 Å². The van der Waals surface area contributed by atoms with Gasteiger partial charge >= 0.3 is 0 Å². The molecule has 0 heterocycles. The van der Waals surface area contributed by atoms with Gasteiger partial charge in [-0.2, -0.15) is 0 Å². The van der Waals surface area contributed by atoms with E-state index in [0.717, 1.165) is 15.6 Å². The molecule has 18 heavy (non-hydrogen) atoms. The van der Waals surface area contributed by atoms with Gasteiger partial charge in [0.15, 0.2) is 0 Å². The molecule has 0 amide bonds. The summed E-state index contributed by atoms with van der Waals surface area (Å²) in [6.07, 6.45) is -0.700. The Hall–Kier alpha value is -0.830. The van der Waals surface area contributed by atoms with Crippen molar-refractivity contribution in [3.63, 3.8) is 0 Å². The van der Waals surface area contributed by atoms with Crippen molar-refractivity contribution in [3.8, 4) is 0 Å². The molecule has 1 atom stereocenters. The van der Waals surface area contributed by atoms with Crippen LogP contribution in [0.15, 0.2) is 40.9 Å². The van der Waals surface area contributed by atoms with Crippen LogP contribution in [-0.2, 0) is 0 Å². The van der Waals surface area contributed by atoms with Crippen molar-refractivity contribution in [2.45, 2.75) is 20.0 Å². The monoisotopic (exact) mass is 324 g/mol. The predicted molar refractivity (Wildman–Crippen MR) is 79.1 cm³/mol. The molecule has 1 unspecified atom stereocenters. The second-order valence-corrected chi connectivity index (χ2v) is 5.62. The minimum Gasteiger partial charge on any atom is -0.384 e. The SMILES string of the molecule is Cc1ccc(C(O)c2cccc(Br)c2Cl)cc1C. The van der Waals surface area contributed by atoms with Gasteiger partial charge in [0.1, 0.15) is 6.10 Å². The molecule has 1 nitrogen and oxygen atoms in total. The predicted octanol–water partition coefficient (Wildman–Crippen LogP) is 4.80. The van der Waals surface area contributed by atoms with Gasteiger partial charge in [0.2, 0.25) is 0 Å². The Morgan fingerprint density at radius 1 is 1.11 bits per heavy atom. The lowest BCUT2D eigenvalue weighted by atomic mass is 9.98. The number of hydrogen-bond donors (Lipinski definition) is 1. The molecular formula is C15H14BrClO. The Bertz CT molecular complexity index is 581. The zero-order chi connectivity index (χ0) is 13.3. The number of aryl methyl sites for hydroxylation is 2. The van der Waals surface area contributed by atoms with E-state index in [4.69, 9.17) is 11.6 Å². The lowest BCUT2D eigenvalue weighted by Crippen LogP contribution is -2.01. The zero-order valence-corrected chi connectivity index (χ0v) is 12.6. The zero-order valence-electron chi connectivity index (χ0n) is 10.2. The molecule has 0 saturated heterocycles. The average molecular weight is 326 g/mol. The van der Waals surface area contributed by atoms with Crippen LogP contribution in [-0.4, -0.2) is 5.11 Å². The summed E-state index contributed by atoms with van der Waals surface area (Å²) in [7, 11) is 0. The fourth-order valence-electron chi connectivity index (χ4n) is 1.85. The van der Waals surface area contributed by atoms with Crippen molar-refractivity contribution < 1.29 is 5.11 Å². The van der Waals surface area contributed by atoms with Gasteiger partial charge < -0.3 is 5.11 Å². The van der Waals surface area contributed by atoms with Crippen molar-refractivity contribution in [2.75, 3.05) is 0 Å². The van der Waals surface area contributed by atoms with Crippen LogP contribution in [0.25, 0.3) is 0 Å². The highest BCUT2D eigenvalue weighted by Gasteiger charge is 2.15. The second kappa shape index (κ2) is 5.43. The minimum atomic E-state index is -0.700. The highest BCUT2D eigenvalue weighted by molar-refractivity contribution is 9.10. The fourth-order valence-corrected chi connectivity index (χ4v) is 2.46. The fraction of sp³-hybridized carbons (Fsp3) is 0.200. The van der Waals surface area contributed by atoms with E-state index in [1.165, 1.54) is 5.56 Å². The quantitative estimate of drug-likeness (QED) is 0.841. The Balaban J connectivity index is 2.44. The number of aliphatic hydroxyl groups is 1. The molecule has 2 aromatic rings. The topological polar surface area (TPSA) is 20.2 Å². The summed E-state index contributed by atoms with van der Waals surface area (Å²) < 4.78 is 0.796. The Morgan fingerprint density at radius 2 is 1.83 bits per heavy atom. The first-order valence-corrected chi connectivity index (χ1v) is 6.87. The van der Waals surface area contributed by atoms with Crippen LogP contribution in [0.5, 0.6) is 0 Å². The average Bonchev–Trinajstić information content (AvgIpc) is 2.35. The summed E-state index contributed by atoms with van der Waals surface area (Å²) in [5.41, 5.74) is 3.95. The molecule has 2 rings (SSSR count). The van der Waals surface area contributed by atoms with E-state index in [1.807, 2.05) is 43.3 Å². The van der Waals surface area contributed by atoms with Crippen molar-refractivity contribution >= 4 is 27.5 Å². The summed E-state index contributed by atoms with van der Waals surface area (Å²) in [5.74, 6) is 0. The van der Waals surface area contributed by atoms with E-state index < -0.39 is 6.10 Å². The van der Waals surface area contributed by atoms with Crippen LogP contribution in [0.1, 0.15) is 28.4 Å². The van der Waals surface area contributed by atoms with Gasteiger partial charge in [0.05, 0.1) is 5.02 Å². The number of halogens is 2. The number of aliphatic hydroxyl groups excluding tert-OH is 1. The molecule has 0 aliphatic carbocycles. The minimum absolute atomic E-state index is 0.559. The second-order valence-electron chi connectivity index (χ2n) is 4.39. The van der Waals surface area contributed by atoms with E-state index in [-0.39, 0.29) is 0 Å². The molecule has 0 saturated carbocycles. The van der Waals surface area contributed by atoms with Crippen molar-refractivity contribution in [3.05, 3.63) is 68.1 Å². The molecule has 0 aliphatic heterocycles. The molecule has 94 valence electrons. The third-order valence-electron chi connectivity index (χ3n) is 3.12. The number of hydrogen-bond acceptors (Lipinski definition) is 1. The molecule has 0 bridgehead atoms. The Labute approximate surface area is 121 Å². The number of rotatable bonds is 2. The lowest BCUT2D eigenvalue weighted by molar-refractivity contribution is 0.220. The van der Waals surface area contributed by atoms with Gasteiger partial charge in [-0.05, 0) is 52.5 Å². The lowest BCUT2D eigenvalue weighted by Gasteiger charge is -2.15. The first-order chi connectivity index (χ1) is 8.50. The summed E-state index contributed by atoms with van der Waals surface area (Å²) >= 11 is 9.57. The first-order valence-electron chi connectivity index (χ1n) is 5.70.